The third-order valence-corrected chi connectivity index (χ3v) is 2.16. The fraction of sp³-hybridized carbons (Fsp3) is 0.0769. The molecule has 19 heavy (non-hydrogen) atoms. The van der Waals surface area contributed by atoms with Crippen LogP contribution >= 0.6 is 0 Å². The van der Waals surface area contributed by atoms with E-state index in [1.54, 1.807) is 6.21 Å². The summed E-state index contributed by atoms with van der Waals surface area (Å²) in [6, 6.07) is 7.43. The molecule has 1 aromatic carbocycles. The third-order valence-electron chi connectivity index (χ3n) is 2.16. The van der Waals surface area contributed by atoms with Crippen LogP contribution in [0.4, 0.5) is 0 Å². The normalized spacial score (nSPS) is 12.1. The number of hydrogen-bond donors (Lipinski definition) is 1. The van der Waals surface area contributed by atoms with Gasteiger partial charge in [0.25, 0.3) is 0 Å². The largest absolute Gasteiger partial charge is 0.583 e. The van der Waals surface area contributed by atoms with E-state index in [4.69, 9.17) is 0 Å². The predicted octanol–water partition coefficient (Wildman–Crippen LogP) is 1.32. The molecule has 0 saturated heterocycles. The fourth-order valence-electron chi connectivity index (χ4n) is 1.24. The van der Waals surface area contributed by atoms with Crippen LogP contribution in [0.5, 0.6) is 0 Å². The molecule has 0 aliphatic carbocycles. The van der Waals surface area contributed by atoms with Crippen LogP contribution < -0.4 is 5.46 Å². The third kappa shape index (κ3) is 6.16. The van der Waals surface area contributed by atoms with Gasteiger partial charge in [0, 0.05) is 47.3 Å². The molecule has 1 heterocycles. The molecule has 1 aliphatic heterocycles. The van der Waals surface area contributed by atoms with Gasteiger partial charge in [-0.05, 0) is 5.56 Å². The van der Waals surface area contributed by atoms with Gasteiger partial charge in [-0.1, -0.05) is 37.8 Å². The molecule has 2 rings (SSSR count). The summed E-state index contributed by atoms with van der Waals surface area (Å²) in [5.74, 6) is 0. The number of nitrogens with zero attached hydrogens (tertiary/aromatic N) is 2. The second kappa shape index (κ2) is 9.92. The van der Waals surface area contributed by atoms with Crippen LogP contribution in [0.2, 0.25) is 0 Å². The number of rotatable bonds is 2. The first-order chi connectivity index (χ1) is 8.69. The van der Waals surface area contributed by atoms with Crippen molar-refractivity contribution in [3.05, 3.63) is 55.3 Å². The maximum absolute atomic E-state index is 9.23. The average molecular weight is 380 g/mol. The Morgan fingerprint density at radius 3 is 2.74 bits per heavy atom. The minimum atomic E-state index is -0.906. The van der Waals surface area contributed by atoms with Crippen molar-refractivity contribution in [3.63, 3.8) is 0 Å². The zero-order chi connectivity index (χ0) is 13.4. The van der Waals surface area contributed by atoms with Gasteiger partial charge in [0.1, 0.15) is 0 Å². The Morgan fingerprint density at radius 2 is 2.21 bits per heavy atom. The first-order valence-electron chi connectivity index (χ1n) is 5.33. The molecule has 1 radical (unpaired) electrons. The minimum absolute atomic E-state index is 0. The number of benzene rings is 1. The Kier molecular flexibility index (Phi) is 9.43. The molecule has 0 unspecified atom stereocenters. The minimum Gasteiger partial charge on any atom is -0.458 e. The van der Waals surface area contributed by atoms with Crippen LogP contribution in [0.1, 0.15) is 12.5 Å². The second-order valence-electron chi connectivity index (χ2n) is 3.40. The molecule has 1 N–H and O–H groups in total. The zero-order valence-electron chi connectivity index (χ0n) is 10.8. The van der Waals surface area contributed by atoms with Crippen molar-refractivity contribution in [3.8, 4) is 0 Å². The quantitative estimate of drug-likeness (QED) is 0.478. The van der Waals surface area contributed by atoms with E-state index in [1.165, 1.54) is 6.20 Å². The van der Waals surface area contributed by atoms with Gasteiger partial charge < -0.3 is 15.9 Å². The molecule has 1 aliphatic rings. The molecule has 0 saturated carbocycles. The van der Waals surface area contributed by atoms with Gasteiger partial charge in [-0.15, -0.1) is 10.9 Å². The Bertz CT molecular complexity index is 489. The Balaban J connectivity index is 0.000000360. The standard InChI is InChI=1S/C7H6BNO2.C6H8N.La/c10-8-7-4-2-1-3-6(7)5-9-11-8;1-4-6(3)7-5-2;/h1-5,10H;5H,1-2H2,3H3;/q;-1;. The first kappa shape index (κ1) is 18.1. The summed E-state index contributed by atoms with van der Waals surface area (Å²) in [6.45, 7) is 8.58. The molecule has 95 valence electrons. The van der Waals surface area contributed by atoms with E-state index in [2.05, 4.69) is 34.1 Å². The van der Waals surface area contributed by atoms with Gasteiger partial charge >= 0.3 is 7.12 Å². The second-order valence-corrected chi connectivity index (χ2v) is 3.40. The SMILES string of the molecule is C=[C-]C(C)=NC=C.OB1ON=Cc2ccccc21.[La]. The fourth-order valence-corrected chi connectivity index (χ4v) is 1.24. The van der Waals surface area contributed by atoms with Crippen molar-refractivity contribution >= 4 is 24.5 Å². The van der Waals surface area contributed by atoms with Crippen LogP contribution in [-0.2, 0) is 4.76 Å². The summed E-state index contributed by atoms with van der Waals surface area (Å²) in [4.78, 5) is 3.75. The van der Waals surface area contributed by atoms with E-state index in [0.717, 1.165) is 16.7 Å². The molecule has 0 atom stereocenters. The summed E-state index contributed by atoms with van der Waals surface area (Å²) in [5, 5.41) is 12.7. The predicted molar refractivity (Wildman–Crippen MR) is 74.9 cm³/mol. The van der Waals surface area contributed by atoms with E-state index in [0.29, 0.717) is 0 Å². The van der Waals surface area contributed by atoms with Gasteiger partial charge in [0.05, 0.1) is 6.21 Å². The number of hydrogen-bond acceptors (Lipinski definition) is 4. The monoisotopic (exact) mass is 380 g/mol. The van der Waals surface area contributed by atoms with Crippen molar-refractivity contribution < 1.29 is 45.4 Å². The Labute approximate surface area is 141 Å². The smallest absolute Gasteiger partial charge is 0.458 e. The Morgan fingerprint density at radius 1 is 1.53 bits per heavy atom. The van der Waals surface area contributed by atoms with E-state index in [1.807, 2.05) is 31.2 Å². The van der Waals surface area contributed by atoms with Crippen molar-refractivity contribution in [1.29, 1.82) is 0 Å². The maximum atomic E-state index is 9.23. The molecule has 0 bridgehead atoms. The van der Waals surface area contributed by atoms with E-state index >= 15 is 0 Å². The van der Waals surface area contributed by atoms with Crippen molar-refractivity contribution in [2.75, 3.05) is 0 Å². The van der Waals surface area contributed by atoms with Crippen LogP contribution in [-0.4, -0.2) is 24.1 Å². The van der Waals surface area contributed by atoms with Gasteiger partial charge in [-0.3, -0.25) is 11.6 Å². The molecule has 0 amide bonds. The molecule has 6 heteroatoms. The van der Waals surface area contributed by atoms with Gasteiger partial charge in [0.2, 0.25) is 0 Å². The molecule has 0 fully saturated rings. The summed E-state index contributed by atoms with van der Waals surface area (Å²) in [6.07, 6.45) is 5.65. The summed E-state index contributed by atoms with van der Waals surface area (Å²) in [7, 11) is -0.906. The van der Waals surface area contributed by atoms with Crippen molar-refractivity contribution in [2.24, 2.45) is 10.1 Å². The molecular weight excluding hydrogens is 366 g/mol. The summed E-state index contributed by atoms with van der Waals surface area (Å²) >= 11 is 0. The van der Waals surface area contributed by atoms with Crippen molar-refractivity contribution in [1.82, 2.24) is 0 Å². The number of oxime groups is 1. The maximum Gasteiger partial charge on any atom is 0.583 e. The molecule has 0 aromatic heterocycles. The molecule has 0 spiro atoms. The summed E-state index contributed by atoms with van der Waals surface area (Å²) in [5.41, 5.74) is 2.45. The molecular formula is C13H14BLaN2O2-. The van der Waals surface area contributed by atoms with E-state index < -0.39 is 7.12 Å². The Hall–Kier alpha value is -0.940. The zero-order valence-corrected chi connectivity index (χ0v) is 14.4. The van der Waals surface area contributed by atoms with Crippen LogP contribution in [0.15, 0.2) is 53.8 Å². The first-order valence-corrected chi connectivity index (χ1v) is 5.33. The van der Waals surface area contributed by atoms with E-state index in [-0.39, 0.29) is 35.6 Å². The van der Waals surface area contributed by atoms with Gasteiger partial charge in [-0.2, -0.15) is 0 Å². The molecule has 1 aromatic rings. The van der Waals surface area contributed by atoms with Crippen LogP contribution in [0.3, 0.4) is 0 Å². The molecule has 4 nitrogen and oxygen atoms in total. The van der Waals surface area contributed by atoms with E-state index in [9.17, 15) is 5.02 Å². The average Bonchev–Trinajstić information content (AvgIpc) is 2.40. The number of fused-ring (bicyclic) bond motifs is 1. The number of aliphatic imine (C=N–C) groups is 1. The van der Waals surface area contributed by atoms with Crippen LogP contribution in [0, 0.1) is 41.7 Å². The summed E-state index contributed by atoms with van der Waals surface area (Å²) < 4.78 is 4.63. The van der Waals surface area contributed by atoms with Gasteiger partial charge in [-0.25, -0.2) is 0 Å². The van der Waals surface area contributed by atoms with Crippen molar-refractivity contribution in [2.45, 2.75) is 6.92 Å². The topological polar surface area (TPSA) is 54.2 Å². The number of allylic oxidation sites excluding steroid dienone is 1. The van der Waals surface area contributed by atoms with Gasteiger partial charge in [0.15, 0.2) is 0 Å². The van der Waals surface area contributed by atoms with Crippen LogP contribution in [0.25, 0.3) is 0 Å².